The summed E-state index contributed by atoms with van der Waals surface area (Å²) in [7, 11) is 0. The van der Waals surface area contributed by atoms with Crippen molar-refractivity contribution in [3.63, 3.8) is 0 Å². The van der Waals surface area contributed by atoms with E-state index in [1.165, 1.54) is 41.3 Å². The first-order chi connectivity index (χ1) is 27.1. The van der Waals surface area contributed by atoms with E-state index in [4.69, 9.17) is 23.2 Å². The number of nitrogens with one attached hydrogen (secondary N) is 2. The van der Waals surface area contributed by atoms with Crippen LogP contribution in [0.1, 0.15) is 29.9 Å². The van der Waals surface area contributed by atoms with E-state index >= 15 is 4.79 Å². The zero-order valence-corrected chi connectivity index (χ0v) is 31.0. The van der Waals surface area contributed by atoms with Gasteiger partial charge in [-0.05, 0) is 115 Å². The average Bonchev–Trinajstić information content (AvgIpc) is 3.57. The molecule has 5 aromatic carbocycles. The molecule has 56 heavy (non-hydrogen) atoms. The highest BCUT2D eigenvalue weighted by molar-refractivity contribution is 6.32. The first kappa shape index (κ1) is 35.7. The molecule has 4 amide bonds. The Bertz CT molecular complexity index is 2440. The quantitative estimate of drug-likeness (QED) is 0.112. The minimum Gasteiger partial charge on any atom is -0.508 e. The van der Waals surface area contributed by atoms with Gasteiger partial charge in [-0.1, -0.05) is 71.2 Å². The molecule has 2 saturated heterocycles. The van der Waals surface area contributed by atoms with Crippen molar-refractivity contribution in [2.24, 2.45) is 23.7 Å². The van der Waals surface area contributed by atoms with E-state index in [1.807, 2.05) is 48.5 Å². The average molecular weight is 788 g/mol. The summed E-state index contributed by atoms with van der Waals surface area (Å²) in [6.07, 6.45) is 2.22. The highest BCUT2D eigenvalue weighted by atomic mass is 35.5. The number of para-hydroxylation sites is 1. The maximum Gasteiger partial charge on any atom is 0.260 e. The molecule has 12 heteroatoms. The number of nitrogens with zero attached hydrogens (tertiary/aromatic N) is 2. The van der Waals surface area contributed by atoms with Crippen molar-refractivity contribution in [1.29, 1.82) is 0 Å². The molecule has 1 saturated carbocycles. The highest BCUT2D eigenvalue weighted by Crippen LogP contribution is 2.65. The van der Waals surface area contributed by atoms with Crippen molar-refractivity contribution in [1.82, 2.24) is 5.01 Å². The first-order valence-corrected chi connectivity index (χ1v) is 19.0. The lowest BCUT2D eigenvalue weighted by Crippen LogP contribution is -2.53. The molecule has 3 fully saturated rings. The third-order valence-corrected chi connectivity index (χ3v) is 12.3. The van der Waals surface area contributed by atoms with Crippen molar-refractivity contribution in [2.75, 3.05) is 15.6 Å². The van der Waals surface area contributed by atoms with E-state index in [0.29, 0.717) is 33.1 Å². The monoisotopic (exact) mass is 786 g/mol. The zero-order valence-electron chi connectivity index (χ0n) is 29.5. The van der Waals surface area contributed by atoms with Crippen LogP contribution in [0.2, 0.25) is 10.0 Å². The summed E-state index contributed by atoms with van der Waals surface area (Å²) in [5.74, 6) is -6.51. The molecule has 3 N–H and O–H groups in total. The summed E-state index contributed by atoms with van der Waals surface area (Å²) in [6, 6.07) is 33.2. The largest absolute Gasteiger partial charge is 0.508 e. The molecule has 4 aliphatic rings. The van der Waals surface area contributed by atoms with Gasteiger partial charge in [-0.25, -0.2) is 4.39 Å². The second-order valence-electron chi connectivity index (χ2n) is 14.6. The van der Waals surface area contributed by atoms with Crippen LogP contribution < -0.4 is 15.6 Å². The molecule has 0 bridgehead atoms. The fraction of sp³-hybridized carbons (Fsp3) is 0.182. The Kier molecular flexibility index (Phi) is 8.71. The number of carbonyl (C=O) groups excluding carboxylic acids is 4. The maximum absolute atomic E-state index is 15.3. The topological polar surface area (TPSA) is 119 Å². The number of hydrazine groups is 1. The molecule has 6 atom stereocenters. The summed E-state index contributed by atoms with van der Waals surface area (Å²) in [5.41, 5.74) is 5.43. The number of fused-ring (bicyclic) bond motifs is 4. The number of benzene rings is 5. The second kappa shape index (κ2) is 13.6. The molecule has 9 rings (SSSR count). The van der Waals surface area contributed by atoms with Crippen LogP contribution in [0, 0.1) is 29.5 Å². The van der Waals surface area contributed by atoms with Crippen molar-refractivity contribution < 1.29 is 28.7 Å². The lowest BCUT2D eigenvalue weighted by molar-refractivity contribution is -0.138. The van der Waals surface area contributed by atoms with Gasteiger partial charge >= 0.3 is 0 Å². The first-order valence-electron chi connectivity index (χ1n) is 18.2. The fourth-order valence-corrected chi connectivity index (χ4v) is 9.80. The van der Waals surface area contributed by atoms with Gasteiger partial charge in [0.05, 0.1) is 34.5 Å². The lowest BCUT2D eigenvalue weighted by Gasteiger charge is -2.50. The highest BCUT2D eigenvalue weighted by Gasteiger charge is 2.70. The van der Waals surface area contributed by atoms with Gasteiger partial charge in [-0.2, -0.15) is 5.01 Å². The number of hydrogen-bond donors (Lipinski definition) is 3. The number of phenolic OH excluding ortho intramolecular Hbond substituents is 1. The SMILES string of the molecule is O=C1[C@@H]2C[C@@H]3C(=CC[C@@H]4C(=O)N(c5ccc(Nc6ccccc6)cc5)C(=O)[C@@H]43)[C@H](c3ccc(O)cc3Cl)[C@]2(c2ccc(Cl)cc2)C(=O)N1Nc1ccc(F)cc1. The summed E-state index contributed by atoms with van der Waals surface area (Å²) in [5, 5.41) is 15.3. The summed E-state index contributed by atoms with van der Waals surface area (Å²) < 4.78 is 13.9. The molecule has 0 unspecified atom stereocenters. The van der Waals surface area contributed by atoms with Crippen molar-refractivity contribution >= 4 is 69.6 Å². The predicted molar refractivity (Wildman–Crippen MR) is 211 cm³/mol. The number of halogens is 3. The predicted octanol–water partition coefficient (Wildman–Crippen LogP) is 8.77. The lowest BCUT2D eigenvalue weighted by atomic mass is 9.49. The summed E-state index contributed by atoms with van der Waals surface area (Å²) >= 11 is 13.3. The van der Waals surface area contributed by atoms with Crippen LogP contribution in [-0.2, 0) is 24.6 Å². The summed E-state index contributed by atoms with van der Waals surface area (Å²) in [4.78, 5) is 60.2. The van der Waals surface area contributed by atoms with Crippen LogP contribution in [0.15, 0.2) is 133 Å². The Morgan fingerprint density at radius 1 is 0.732 bits per heavy atom. The molecule has 0 radical (unpaired) electrons. The van der Waals surface area contributed by atoms with Crippen LogP contribution in [0.25, 0.3) is 0 Å². The number of anilines is 4. The molecule has 2 aliphatic heterocycles. The van der Waals surface area contributed by atoms with E-state index < -0.39 is 52.6 Å². The molecule has 5 aromatic rings. The van der Waals surface area contributed by atoms with E-state index in [2.05, 4.69) is 10.7 Å². The molecular weight excluding hydrogens is 754 g/mol. The van der Waals surface area contributed by atoms with Crippen molar-refractivity contribution in [3.05, 3.63) is 160 Å². The second-order valence-corrected chi connectivity index (χ2v) is 15.5. The summed E-state index contributed by atoms with van der Waals surface area (Å²) in [6.45, 7) is 0. The van der Waals surface area contributed by atoms with Gasteiger partial charge in [0.25, 0.3) is 11.8 Å². The van der Waals surface area contributed by atoms with Gasteiger partial charge < -0.3 is 10.4 Å². The standard InChI is InChI=1S/C44H33Cl2FN4O5/c45-25-8-6-24(7-9-25)44-36(41(54)51(43(44)56)49-29-12-10-26(47)11-13-29)23-35-32(39(44)33-19-18-31(52)22-37(33)46)20-21-34-38(35)42(55)50(40(34)53)30-16-14-28(15-17-30)48-27-4-2-1-3-5-27/h1-20,22,34-36,38-39,48-49,52H,21,23H2/t34-,35+,36-,38-,39+,44+/m0/s1. The Morgan fingerprint density at radius 3 is 2.11 bits per heavy atom. The molecule has 2 heterocycles. The van der Waals surface area contributed by atoms with Crippen molar-refractivity contribution in [3.8, 4) is 5.75 Å². The molecule has 0 spiro atoms. The van der Waals surface area contributed by atoms with Crippen LogP contribution >= 0.6 is 23.2 Å². The molecular formula is C44H33Cl2FN4O5. The van der Waals surface area contributed by atoms with Gasteiger partial charge in [0.2, 0.25) is 11.8 Å². The van der Waals surface area contributed by atoms with Gasteiger partial charge in [-0.15, -0.1) is 0 Å². The maximum atomic E-state index is 15.3. The Labute approximate surface area is 331 Å². The van der Waals surface area contributed by atoms with E-state index in [0.717, 1.165) is 16.4 Å². The number of hydrogen-bond acceptors (Lipinski definition) is 7. The number of carbonyl (C=O) groups is 4. The Hall–Kier alpha value is -5.97. The number of aromatic hydroxyl groups is 1. The van der Waals surface area contributed by atoms with Crippen LogP contribution in [-0.4, -0.2) is 33.7 Å². The van der Waals surface area contributed by atoms with Gasteiger partial charge in [0.1, 0.15) is 11.6 Å². The third-order valence-electron chi connectivity index (χ3n) is 11.7. The number of allylic oxidation sites excluding steroid dienone is 2. The molecule has 9 nitrogen and oxygen atoms in total. The van der Waals surface area contributed by atoms with E-state index in [-0.39, 0.29) is 35.4 Å². The number of imide groups is 2. The number of rotatable bonds is 7. The van der Waals surface area contributed by atoms with Crippen LogP contribution in [0.3, 0.4) is 0 Å². The van der Waals surface area contributed by atoms with E-state index in [1.54, 1.807) is 42.5 Å². The Morgan fingerprint density at radius 2 is 1.41 bits per heavy atom. The molecule has 2 aliphatic carbocycles. The van der Waals surface area contributed by atoms with Gasteiger partial charge in [0.15, 0.2) is 0 Å². The van der Waals surface area contributed by atoms with Crippen LogP contribution in [0.4, 0.5) is 27.1 Å². The zero-order chi connectivity index (χ0) is 38.9. The third kappa shape index (κ3) is 5.58. The number of amides is 4. The molecule has 0 aromatic heterocycles. The van der Waals surface area contributed by atoms with E-state index in [9.17, 15) is 23.9 Å². The van der Waals surface area contributed by atoms with Crippen molar-refractivity contribution in [2.45, 2.75) is 24.2 Å². The van der Waals surface area contributed by atoms with Crippen LogP contribution in [0.5, 0.6) is 5.75 Å². The minimum atomic E-state index is -1.60. The fourth-order valence-electron chi connectivity index (χ4n) is 9.39. The smallest absolute Gasteiger partial charge is 0.260 e. The normalized spacial score (nSPS) is 25.4. The molecule has 280 valence electrons. The number of phenols is 1. The Balaban J connectivity index is 1.16. The van der Waals surface area contributed by atoms with Gasteiger partial charge in [-0.3, -0.25) is 29.5 Å². The van der Waals surface area contributed by atoms with Gasteiger partial charge in [0, 0.05) is 27.3 Å². The minimum absolute atomic E-state index is 0.0702.